The van der Waals surface area contributed by atoms with Crippen molar-refractivity contribution >= 4 is 0 Å². The van der Waals surface area contributed by atoms with Gasteiger partial charge in [0, 0.05) is 5.92 Å². The summed E-state index contributed by atoms with van der Waals surface area (Å²) in [6, 6.07) is 0. The molecule has 2 saturated carbocycles. The minimum Gasteiger partial charge on any atom is -0.394 e. The molecule has 186 valence electrons. The van der Waals surface area contributed by atoms with E-state index in [1.165, 1.54) is 0 Å². The van der Waals surface area contributed by atoms with Crippen LogP contribution < -0.4 is 0 Å². The van der Waals surface area contributed by atoms with Crippen molar-refractivity contribution in [1.82, 2.24) is 0 Å². The molecule has 0 spiro atoms. The monoisotopic (exact) mass is 464 g/mol. The first kappa shape index (κ1) is 24.7. The maximum atomic E-state index is 10.5. The maximum Gasteiger partial charge on any atom is 0.187 e. The van der Waals surface area contributed by atoms with Gasteiger partial charge in [-0.15, -0.1) is 0 Å². The Kier molecular flexibility index (Phi) is 7.75. The van der Waals surface area contributed by atoms with Crippen LogP contribution in [0.4, 0.5) is 0 Å². The fourth-order valence-electron chi connectivity index (χ4n) is 5.76. The van der Waals surface area contributed by atoms with Gasteiger partial charge in [-0.1, -0.05) is 0 Å². The van der Waals surface area contributed by atoms with E-state index in [4.69, 9.17) is 14.2 Å². The summed E-state index contributed by atoms with van der Waals surface area (Å²) in [5, 5.41) is 80.7. The van der Waals surface area contributed by atoms with E-state index in [-0.39, 0.29) is 24.7 Å². The van der Waals surface area contributed by atoms with Crippen molar-refractivity contribution in [3.05, 3.63) is 0 Å². The molecule has 0 radical (unpaired) electrons. The van der Waals surface area contributed by atoms with Gasteiger partial charge in [-0.2, -0.15) is 0 Å². The Hall–Kier alpha value is -0.440. The third-order valence-corrected chi connectivity index (χ3v) is 7.64. The zero-order valence-corrected chi connectivity index (χ0v) is 17.8. The number of aliphatic hydroxyl groups excluding tert-OH is 8. The van der Waals surface area contributed by atoms with Crippen LogP contribution in [0.3, 0.4) is 0 Å². The minimum absolute atomic E-state index is 0.180. The van der Waals surface area contributed by atoms with Crippen LogP contribution in [0.15, 0.2) is 0 Å². The zero-order chi connectivity index (χ0) is 23.2. The van der Waals surface area contributed by atoms with Gasteiger partial charge in [0.15, 0.2) is 6.29 Å². The van der Waals surface area contributed by atoms with Gasteiger partial charge < -0.3 is 55.1 Å². The summed E-state index contributed by atoms with van der Waals surface area (Å²) >= 11 is 0. The van der Waals surface area contributed by atoms with Crippen LogP contribution in [0.1, 0.15) is 38.5 Å². The van der Waals surface area contributed by atoms with Gasteiger partial charge in [0.1, 0.15) is 24.4 Å². The molecule has 32 heavy (non-hydrogen) atoms. The smallest absolute Gasteiger partial charge is 0.187 e. The van der Waals surface area contributed by atoms with Crippen molar-refractivity contribution in [2.24, 2.45) is 11.8 Å². The summed E-state index contributed by atoms with van der Waals surface area (Å²) in [6.45, 7) is -0.580. The molecule has 4 rings (SSSR count). The van der Waals surface area contributed by atoms with Crippen LogP contribution in [0.5, 0.6) is 0 Å². The molecule has 2 aliphatic carbocycles. The lowest BCUT2D eigenvalue weighted by atomic mass is 9.72. The maximum absolute atomic E-state index is 10.5. The number of hydrogen-bond acceptors (Lipinski definition) is 11. The van der Waals surface area contributed by atoms with E-state index in [1.807, 2.05) is 0 Å². The summed E-state index contributed by atoms with van der Waals surface area (Å²) in [7, 11) is 0. The fraction of sp³-hybridized carbons (Fsp3) is 1.00. The Morgan fingerprint density at radius 3 is 2.16 bits per heavy atom. The highest BCUT2D eigenvalue weighted by Crippen LogP contribution is 2.43. The van der Waals surface area contributed by atoms with Crippen LogP contribution >= 0.6 is 0 Å². The lowest BCUT2D eigenvalue weighted by Crippen LogP contribution is -2.62. The first-order valence-electron chi connectivity index (χ1n) is 11.5. The molecule has 11 heteroatoms. The lowest BCUT2D eigenvalue weighted by Gasteiger charge is -2.51. The molecule has 14 atom stereocenters. The highest BCUT2D eigenvalue weighted by Gasteiger charge is 2.51. The second-order valence-corrected chi connectivity index (χ2v) is 9.81. The number of aliphatic hydroxyl groups is 8. The second kappa shape index (κ2) is 10.0. The zero-order valence-electron chi connectivity index (χ0n) is 17.8. The summed E-state index contributed by atoms with van der Waals surface area (Å²) in [4.78, 5) is 0. The summed E-state index contributed by atoms with van der Waals surface area (Å²) in [5.41, 5.74) is 0. The lowest BCUT2D eigenvalue weighted by molar-refractivity contribution is -0.333. The van der Waals surface area contributed by atoms with Crippen molar-refractivity contribution in [3.63, 3.8) is 0 Å². The van der Waals surface area contributed by atoms with Gasteiger partial charge in [0.2, 0.25) is 0 Å². The molecule has 4 fully saturated rings. The second-order valence-electron chi connectivity index (χ2n) is 9.81. The molecule has 0 aromatic rings. The van der Waals surface area contributed by atoms with Crippen molar-refractivity contribution in [2.45, 2.75) is 112 Å². The average Bonchev–Trinajstić information content (AvgIpc) is 2.76. The summed E-state index contributed by atoms with van der Waals surface area (Å²) in [6.07, 6.45) is -9.82. The third-order valence-electron chi connectivity index (χ3n) is 7.64. The van der Waals surface area contributed by atoms with E-state index in [0.717, 1.165) is 0 Å². The van der Waals surface area contributed by atoms with E-state index in [2.05, 4.69) is 0 Å². The molecule has 0 bridgehead atoms. The van der Waals surface area contributed by atoms with Crippen molar-refractivity contribution in [1.29, 1.82) is 0 Å². The molecule has 14 unspecified atom stereocenters. The molecule has 0 amide bonds. The highest BCUT2D eigenvalue weighted by molar-refractivity contribution is 4.99. The van der Waals surface area contributed by atoms with Crippen LogP contribution in [-0.4, -0.2) is 121 Å². The van der Waals surface area contributed by atoms with Gasteiger partial charge in [-0.3, -0.25) is 0 Å². The number of rotatable bonds is 4. The number of hydrogen-bond donors (Lipinski definition) is 8. The van der Waals surface area contributed by atoms with E-state index < -0.39 is 80.0 Å². The molecule has 0 aromatic heterocycles. The largest absolute Gasteiger partial charge is 0.394 e. The van der Waals surface area contributed by atoms with Crippen LogP contribution in [0.2, 0.25) is 0 Å². The molecule has 8 N–H and O–H groups in total. The summed E-state index contributed by atoms with van der Waals surface area (Å²) in [5.74, 6) is -0.496. The van der Waals surface area contributed by atoms with E-state index in [9.17, 15) is 40.9 Å². The van der Waals surface area contributed by atoms with E-state index in [1.54, 1.807) is 0 Å². The first-order valence-corrected chi connectivity index (χ1v) is 11.5. The standard InChI is InChI=1S/C21H36O11/c22-7-16-17(27)18(28)19(29)21(32-16)31-15-6-10-12(25)4-9(23)5-14(10)30-20(15)8-1-2-11(24)13(26)3-8/h8-29H,1-7H2. The average molecular weight is 465 g/mol. The number of fused-ring (bicyclic) bond motifs is 1. The predicted molar refractivity (Wildman–Crippen MR) is 106 cm³/mol. The quantitative estimate of drug-likeness (QED) is 0.211. The van der Waals surface area contributed by atoms with E-state index in [0.29, 0.717) is 25.7 Å². The minimum atomic E-state index is -1.58. The molecule has 2 heterocycles. The molecular formula is C21H36O11. The topological polar surface area (TPSA) is 190 Å². The Labute approximate surface area is 186 Å². The van der Waals surface area contributed by atoms with E-state index >= 15 is 0 Å². The Balaban J connectivity index is 1.54. The van der Waals surface area contributed by atoms with Gasteiger partial charge >= 0.3 is 0 Å². The van der Waals surface area contributed by atoms with Gasteiger partial charge in [-0.25, -0.2) is 0 Å². The molecule has 4 aliphatic rings. The predicted octanol–water partition coefficient (Wildman–Crippen LogP) is -3.02. The van der Waals surface area contributed by atoms with Crippen LogP contribution in [-0.2, 0) is 14.2 Å². The fourth-order valence-corrected chi connectivity index (χ4v) is 5.76. The van der Waals surface area contributed by atoms with Gasteiger partial charge in [0.25, 0.3) is 0 Å². The van der Waals surface area contributed by atoms with Crippen LogP contribution in [0.25, 0.3) is 0 Å². The Bertz CT molecular complexity index is 621. The Morgan fingerprint density at radius 1 is 0.719 bits per heavy atom. The Morgan fingerprint density at radius 2 is 1.47 bits per heavy atom. The van der Waals surface area contributed by atoms with Crippen molar-refractivity contribution in [2.75, 3.05) is 6.61 Å². The molecular weight excluding hydrogens is 428 g/mol. The third kappa shape index (κ3) is 4.84. The SMILES string of the molecule is OCC1OC(OC2CC3C(O)CC(O)CC3OC2C2CCC(O)C(O)C2)C(O)C(O)C1O. The summed E-state index contributed by atoms with van der Waals surface area (Å²) < 4.78 is 17.9. The first-order chi connectivity index (χ1) is 15.2. The normalized spacial score (nSPS) is 54.8. The van der Waals surface area contributed by atoms with Gasteiger partial charge in [0.05, 0.1) is 49.3 Å². The molecule has 2 saturated heterocycles. The van der Waals surface area contributed by atoms with Crippen molar-refractivity contribution in [3.8, 4) is 0 Å². The van der Waals surface area contributed by atoms with Crippen molar-refractivity contribution < 1.29 is 55.1 Å². The van der Waals surface area contributed by atoms with Gasteiger partial charge in [-0.05, 0) is 44.4 Å². The highest BCUT2D eigenvalue weighted by atomic mass is 16.7. The molecule has 2 aliphatic heterocycles. The molecule has 0 aromatic carbocycles. The number of ether oxygens (including phenoxy) is 3. The molecule has 11 nitrogen and oxygen atoms in total. The van der Waals surface area contributed by atoms with Crippen LogP contribution in [0, 0.1) is 11.8 Å².